The number of halogens is 1. The Morgan fingerprint density at radius 1 is 1.23 bits per heavy atom. The van der Waals surface area contributed by atoms with Gasteiger partial charge in [-0.15, -0.1) is 9.85 Å². The Morgan fingerprint density at radius 2 is 1.94 bits per heavy atom. The molecule has 0 amide bonds. The van der Waals surface area contributed by atoms with Gasteiger partial charge in [0.15, 0.2) is 17.3 Å². The SMILES string of the molecule is CCOC(=O)C1=C(N)n2oc(=N)c(N=Nc3ccc(Cl)cc3)c2NC1c1ccccc1. The first-order valence-electron chi connectivity index (χ1n) is 9.46. The molecule has 9 nitrogen and oxygen atoms in total. The maximum Gasteiger partial charge on any atom is 0.340 e. The van der Waals surface area contributed by atoms with Crippen LogP contribution in [0.1, 0.15) is 18.5 Å². The van der Waals surface area contributed by atoms with E-state index in [0.717, 1.165) is 10.3 Å². The van der Waals surface area contributed by atoms with Crippen LogP contribution in [0.3, 0.4) is 0 Å². The van der Waals surface area contributed by atoms with E-state index in [-0.39, 0.29) is 29.2 Å². The number of anilines is 1. The molecule has 158 valence electrons. The fourth-order valence-corrected chi connectivity index (χ4v) is 3.31. The highest BCUT2D eigenvalue weighted by Crippen LogP contribution is 2.38. The van der Waals surface area contributed by atoms with Gasteiger partial charge in [-0.2, -0.15) is 5.11 Å². The third-order valence-corrected chi connectivity index (χ3v) is 4.86. The van der Waals surface area contributed by atoms with Gasteiger partial charge in [0, 0.05) is 5.02 Å². The van der Waals surface area contributed by atoms with Gasteiger partial charge in [-0.05, 0) is 36.8 Å². The van der Waals surface area contributed by atoms with E-state index in [2.05, 4.69) is 15.5 Å². The van der Waals surface area contributed by atoms with E-state index in [9.17, 15) is 4.79 Å². The van der Waals surface area contributed by atoms with Gasteiger partial charge < -0.3 is 20.3 Å². The number of aromatic nitrogens is 1. The quantitative estimate of drug-likeness (QED) is 0.399. The van der Waals surface area contributed by atoms with Crippen LogP contribution < -0.4 is 16.6 Å². The summed E-state index contributed by atoms with van der Waals surface area (Å²) in [6.45, 7) is 1.90. The topological polar surface area (TPSA) is 131 Å². The summed E-state index contributed by atoms with van der Waals surface area (Å²) in [5.74, 6) is -0.253. The van der Waals surface area contributed by atoms with Crippen molar-refractivity contribution in [3.63, 3.8) is 0 Å². The number of fused-ring (bicyclic) bond motifs is 1. The molecule has 1 aromatic heterocycles. The third kappa shape index (κ3) is 3.95. The summed E-state index contributed by atoms with van der Waals surface area (Å²) in [5.41, 5.74) is 7.69. The van der Waals surface area contributed by atoms with Crippen LogP contribution in [0.25, 0.3) is 5.82 Å². The summed E-state index contributed by atoms with van der Waals surface area (Å²) in [6, 6.07) is 15.4. The summed E-state index contributed by atoms with van der Waals surface area (Å²) in [4.78, 5) is 12.7. The standard InChI is InChI=1S/C21H19ClN6O3/c1-2-30-21(29)15-16(12-6-4-3-5-7-12)25-20-17(19(24)31-28(20)18(15)23)27-26-14-10-8-13(22)9-11-14/h3-11,16,24-25H,2,23H2,1H3. The molecule has 0 bridgehead atoms. The van der Waals surface area contributed by atoms with Gasteiger partial charge in [0.1, 0.15) is 5.57 Å². The minimum absolute atomic E-state index is 0.0162. The van der Waals surface area contributed by atoms with Crippen molar-refractivity contribution >= 4 is 40.6 Å². The second-order valence-electron chi connectivity index (χ2n) is 6.60. The Kier molecular flexibility index (Phi) is 5.59. The Balaban J connectivity index is 1.81. The van der Waals surface area contributed by atoms with Crippen molar-refractivity contribution in [3.05, 3.63) is 76.3 Å². The van der Waals surface area contributed by atoms with Crippen LogP contribution in [0.15, 0.2) is 74.9 Å². The largest absolute Gasteiger partial charge is 0.462 e. The number of nitrogens with two attached hydrogens (primary N) is 1. The molecule has 1 aliphatic rings. The first kappa shape index (κ1) is 20.4. The minimum atomic E-state index is -0.623. The number of azo groups is 1. The molecule has 0 spiro atoms. The van der Waals surface area contributed by atoms with Gasteiger partial charge in [0.05, 0.1) is 18.3 Å². The lowest BCUT2D eigenvalue weighted by molar-refractivity contribution is -0.138. The zero-order valence-electron chi connectivity index (χ0n) is 16.5. The molecule has 1 aliphatic heterocycles. The lowest BCUT2D eigenvalue weighted by Crippen LogP contribution is -2.31. The van der Waals surface area contributed by atoms with E-state index in [1.807, 2.05) is 30.3 Å². The summed E-state index contributed by atoms with van der Waals surface area (Å²) in [6.07, 6.45) is 0. The van der Waals surface area contributed by atoms with E-state index in [4.69, 9.17) is 32.0 Å². The van der Waals surface area contributed by atoms with Crippen LogP contribution in [0, 0.1) is 5.41 Å². The molecular formula is C21H19ClN6O3. The van der Waals surface area contributed by atoms with Crippen molar-refractivity contribution < 1.29 is 14.1 Å². The zero-order valence-corrected chi connectivity index (χ0v) is 17.3. The zero-order chi connectivity index (χ0) is 22.0. The van der Waals surface area contributed by atoms with Crippen molar-refractivity contribution in [2.45, 2.75) is 13.0 Å². The van der Waals surface area contributed by atoms with E-state index in [0.29, 0.717) is 16.5 Å². The predicted octanol–water partition coefficient (Wildman–Crippen LogP) is 4.49. The van der Waals surface area contributed by atoms with Crippen molar-refractivity contribution in [1.82, 2.24) is 4.74 Å². The molecule has 31 heavy (non-hydrogen) atoms. The second kappa shape index (κ2) is 8.49. The summed E-state index contributed by atoms with van der Waals surface area (Å²) < 4.78 is 11.8. The molecule has 0 radical (unpaired) electrons. The normalized spacial score (nSPS) is 15.6. The number of nitrogens with zero attached hydrogens (tertiary/aromatic N) is 3. The van der Waals surface area contributed by atoms with Crippen molar-refractivity contribution in [1.29, 1.82) is 5.41 Å². The van der Waals surface area contributed by atoms with Crippen LogP contribution in [-0.4, -0.2) is 17.3 Å². The predicted molar refractivity (Wildman–Crippen MR) is 115 cm³/mol. The lowest BCUT2D eigenvalue weighted by atomic mass is 9.97. The molecular weight excluding hydrogens is 420 g/mol. The Morgan fingerprint density at radius 3 is 2.61 bits per heavy atom. The molecule has 0 aliphatic carbocycles. The Bertz CT molecular complexity index is 1230. The van der Waals surface area contributed by atoms with Crippen LogP contribution in [0.2, 0.25) is 5.02 Å². The molecule has 0 saturated heterocycles. The summed E-state index contributed by atoms with van der Waals surface area (Å²) in [5, 5.41) is 20.3. The van der Waals surface area contributed by atoms with E-state index in [1.165, 1.54) is 0 Å². The number of rotatable bonds is 5. The first-order chi connectivity index (χ1) is 15.0. The monoisotopic (exact) mass is 438 g/mol. The molecule has 0 saturated carbocycles. The van der Waals surface area contributed by atoms with Crippen molar-refractivity contribution in [2.75, 3.05) is 11.9 Å². The number of esters is 1. The molecule has 2 aromatic carbocycles. The average Bonchev–Trinajstić information content (AvgIpc) is 3.09. The van der Waals surface area contributed by atoms with Crippen LogP contribution >= 0.6 is 11.6 Å². The lowest BCUT2D eigenvalue weighted by Gasteiger charge is -2.28. The Hall–Kier alpha value is -3.85. The smallest absolute Gasteiger partial charge is 0.340 e. The fraction of sp³-hybridized carbons (Fsp3) is 0.143. The summed E-state index contributed by atoms with van der Waals surface area (Å²) >= 11 is 5.90. The maximum absolute atomic E-state index is 12.7. The molecule has 4 N–H and O–H groups in total. The fourth-order valence-electron chi connectivity index (χ4n) is 3.18. The van der Waals surface area contributed by atoms with Crippen LogP contribution in [0.4, 0.5) is 17.2 Å². The highest BCUT2D eigenvalue weighted by atomic mass is 35.5. The Labute approximate surface area is 182 Å². The molecule has 2 heterocycles. The van der Waals surface area contributed by atoms with Crippen molar-refractivity contribution in [3.8, 4) is 0 Å². The minimum Gasteiger partial charge on any atom is -0.462 e. The summed E-state index contributed by atoms with van der Waals surface area (Å²) in [7, 11) is 0. The molecule has 1 unspecified atom stereocenters. The highest BCUT2D eigenvalue weighted by Gasteiger charge is 2.36. The number of benzene rings is 2. The highest BCUT2D eigenvalue weighted by molar-refractivity contribution is 6.30. The number of hydrogen-bond donors (Lipinski definition) is 3. The van der Waals surface area contributed by atoms with Crippen molar-refractivity contribution in [2.24, 2.45) is 16.0 Å². The van der Waals surface area contributed by atoms with Crippen LogP contribution in [0.5, 0.6) is 0 Å². The van der Waals surface area contributed by atoms with Gasteiger partial charge >= 0.3 is 5.97 Å². The number of hydrogen-bond acceptors (Lipinski definition) is 8. The maximum atomic E-state index is 12.7. The van der Waals surface area contributed by atoms with Gasteiger partial charge in [0.2, 0.25) is 0 Å². The average molecular weight is 439 g/mol. The number of nitrogens with one attached hydrogen (secondary N) is 2. The van der Waals surface area contributed by atoms with E-state index < -0.39 is 12.0 Å². The number of ether oxygens (including phenoxy) is 1. The van der Waals surface area contributed by atoms with E-state index >= 15 is 0 Å². The molecule has 10 heteroatoms. The molecule has 1 atom stereocenters. The second-order valence-corrected chi connectivity index (χ2v) is 7.03. The third-order valence-electron chi connectivity index (χ3n) is 4.61. The molecule has 4 rings (SSSR count). The van der Waals surface area contributed by atoms with Gasteiger partial charge in [-0.1, -0.05) is 41.9 Å². The molecule has 3 aromatic rings. The van der Waals surface area contributed by atoms with E-state index in [1.54, 1.807) is 31.2 Å². The first-order valence-corrected chi connectivity index (χ1v) is 9.84. The molecule has 0 fully saturated rings. The number of carbonyl (C=O) groups is 1. The van der Waals surface area contributed by atoms with Gasteiger partial charge in [-0.3, -0.25) is 5.41 Å². The van der Waals surface area contributed by atoms with Gasteiger partial charge in [0.25, 0.3) is 5.55 Å². The van der Waals surface area contributed by atoms with Gasteiger partial charge in [-0.25, -0.2) is 4.79 Å². The van der Waals surface area contributed by atoms with Crippen LogP contribution in [-0.2, 0) is 9.53 Å². The number of carbonyl (C=O) groups excluding carboxylic acids is 1.